The van der Waals surface area contributed by atoms with Crippen LogP contribution in [0.15, 0.2) is 49.1 Å². The van der Waals surface area contributed by atoms with Crippen LogP contribution in [0.4, 0.5) is 0 Å². The Labute approximate surface area is 187 Å². The van der Waals surface area contributed by atoms with Gasteiger partial charge in [0.05, 0.1) is 12.0 Å². The zero-order valence-corrected chi connectivity index (χ0v) is 18.4. The minimum absolute atomic E-state index is 0.0489. The maximum atomic E-state index is 13.4. The summed E-state index contributed by atoms with van der Waals surface area (Å²) in [7, 11) is 0. The zero-order valence-electron chi connectivity index (χ0n) is 18.4. The van der Waals surface area contributed by atoms with Crippen LogP contribution < -0.4 is 14.2 Å². The topological polar surface area (TPSA) is 91.3 Å². The van der Waals surface area contributed by atoms with E-state index in [1.807, 2.05) is 6.07 Å². The standard InChI is InChI=1S/C25H28O7/c1-5-7-15-9-18-19(30-13-29-18)10-17(15)31-14-32-25-11-16(8-6-2)22(27)21(23(25)28)24(3,4)20(26)12-25/h5-6,9-11,20-21,26H,1-2,7-8,12-14H2,3-4H3/t20-,21-,25+/m1/s1. The molecule has 1 saturated carbocycles. The second-order valence-electron chi connectivity index (χ2n) is 8.97. The Kier molecular flexibility index (Phi) is 5.73. The third-order valence-corrected chi connectivity index (χ3v) is 6.58. The second-order valence-corrected chi connectivity index (χ2v) is 8.97. The first-order chi connectivity index (χ1) is 15.2. The summed E-state index contributed by atoms with van der Waals surface area (Å²) >= 11 is 0. The molecule has 0 radical (unpaired) electrons. The molecule has 3 aliphatic rings. The maximum absolute atomic E-state index is 13.4. The van der Waals surface area contributed by atoms with Gasteiger partial charge >= 0.3 is 0 Å². The average molecular weight is 440 g/mol. The lowest BCUT2D eigenvalue weighted by atomic mass is 9.56. The first kappa shape index (κ1) is 22.3. The van der Waals surface area contributed by atoms with Crippen molar-refractivity contribution in [3.05, 3.63) is 54.7 Å². The van der Waals surface area contributed by atoms with E-state index in [1.54, 1.807) is 38.1 Å². The van der Waals surface area contributed by atoms with E-state index in [0.29, 0.717) is 35.7 Å². The number of rotatable bonds is 8. The van der Waals surface area contributed by atoms with Gasteiger partial charge in [0.1, 0.15) is 5.75 Å². The lowest BCUT2D eigenvalue weighted by Crippen LogP contribution is -2.63. The largest absolute Gasteiger partial charge is 0.467 e. The summed E-state index contributed by atoms with van der Waals surface area (Å²) in [6.45, 7) is 10.9. The fourth-order valence-electron chi connectivity index (χ4n) is 4.65. The molecule has 2 aliphatic carbocycles. The van der Waals surface area contributed by atoms with Crippen molar-refractivity contribution >= 4 is 11.6 Å². The molecule has 7 nitrogen and oxygen atoms in total. The van der Waals surface area contributed by atoms with Gasteiger partial charge in [-0.25, -0.2) is 0 Å². The number of ketones is 2. The van der Waals surface area contributed by atoms with Crippen LogP contribution in [0.3, 0.4) is 0 Å². The number of aliphatic hydroxyl groups is 1. The third kappa shape index (κ3) is 3.55. The van der Waals surface area contributed by atoms with Crippen molar-refractivity contribution in [2.24, 2.45) is 11.3 Å². The molecule has 170 valence electrons. The third-order valence-electron chi connectivity index (χ3n) is 6.58. The number of Topliss-reactive ketones (excluding diaryl/α,β-unsaturated/α-hetero) is 2. The number of fused-ring (bicyclic) bond motifs is 3. The smallest absolute Gasteiger partial charge is 0.231 e. The molecule has 1 aromatic carbocycles. The molecule has 0 saturated heterocycles. The zero-order chi connectivity index (χ0) is 23.1. The summed E-state index contributed by atoms with van der Waals surface area (Å²) in [5.74, 6) is 0.121. The summed E-state index contributed by atoms with van der Waals surface area (Å²) in [5, 5.41) is 10.8. The molecule has 3 atom stereocenters. The van der Waals surface area contributed by atoms with Gasteiger partial charge in [-0.2, -0.15) is 0 Å². The Hall–Kier alpha value is -2.90. The highest BCUT2D eigenvalue weighted by atomic mass is 16.7. The molecule has 1 aromatic rings. The molecule has 1 heterocycles. The van der Waals surface area contributed by atoms with E-state index in [1.165, 1.54) is 0 Å². The van der Waals surface area contributed by atoms with Gasteiger partial charge in [-0.3, -0.25) is 9.59 Å². The van der Waals surface area contributed by atoms with Crippen molar-refractivity contribution in [3.63, 3.8) is 0 Å². The van der Waals surface area contributed by atoms with Crippen LogP contribution in [0.25, 0.3) is 0 Å². The van der Waals surface area contributed by atoms with E-state index in [0.717, 1.165) is 5.56 Å². The van der Waals surface area contributed by atoms with Crippen LogP contribution in [0.5, 0.6) is 17.2 Å². The number of carbonyl (C=O) groups is 2. The average Bonchev–Trinajstić information content (AvgIpc) is 3.19. The van der Waals surface area contributed by atoms with Crippen molar-refractivity contribution in [1.82, 2.24) is 0 Å². The van der Waals surface area contributed by atoms with Crippen molar-refractivity contribution in [2.75, 3.05) is 13.6 Å². The molecule has 2 bridgehead atoms. The highest BCUT2D eigenvalue weighted by Crippen LogP contribution is 2.49. The number of aliphatic hydroxyl groups excluding tert-OH is 1. The van der Waals surface area contributed by atoms with Crippen LogP contribution in [-0.2, 0) is 20.7 Å². The highest BCUT2D eigenvalue weighted by molar-refractivity contribution is 6.18. The number of allylic oxidation sites excluding steroid dienone is 3. The van der Waals surface area contributed by atoms with Crippen LogP contribution in [0.1, 0.15) is 32.3 Å². The summed E-state index contributed by atoms with van der Waals surface area (Å²) < 4.78 is 22.7. The van der Waals surface area contributed by atoms with Gasteiger partial charge in [0.15, 0.2) is 35.5 Å². The molecule has 1 aliphatic heterocycles. The fourth-order valence-corrected chi connectivity index (χ4v) is 4.65. The number of carbonyl (C=O) groups excluding carboxylic acids is 2. The van der Waals surface area contributed by atoms with E-state index in [-0.39, 0.29) is 31.6 Å². The molecular formula is C25H28O7. The quantitative estimate of drug-likeness (QED) is 0.377. The SMILES string of the molecule is C=CCC1=C[C@]2(OCOc3cc4c(cc3CC=C)OCO4)C[C@@H](O)C(C)(C)[C@H](C1=O)C2=O. The molecular weight excluding hydrogens is 412 g/mol. The predicted molar refractivity (Wildman–Crippen MR) is 117 cm³/mol. The van der Waals surface area contributed by atoms with Crippen molar-refractivity contribution in [2.45, 2.75) is 44.8 Å². The van der Waals surface area contributed by atoms with Gasteiger partial charge in [-0.05, 0) is 30.6 Å². The van der Waals surface area contributed by atoms with Gasteiger partial charge < -0.3 is 24.1 Å². The Balaban J connectivity index is 1.61. The molecule has 7 heteroatoms. The van der Waals surface area contributed by atoms with Crippen LogP contribution >= 0.6 is 0 Å². The molecule has 1 N–H and O–H groups in total. The number of benzene rings is 1. The summed E-state index contributed by atoms with van der Waals surface area (Å²) in [6, 6.07) is 3.54. The van der Waals surface area contributed by atoms with Crippen LogP contribution in [0, 0.1) is 11.3 Å². The van der Waals surface area contributed by atoms with E-state index in [2.05, 4.69) is 13.2 Å². The monoisotopic (exact) mass is 440 g/mol. The number of ether oxygens (including phenoxy) is 4. The van der Waals surface area contributed by atoms with Crippen molar-refractivity contribution in [1.29, 1.82) is 0 Å². The van der Waals surface area contributed by atoms with Crippen molar-refractivity contribution in [3.8, 4) is 17.2 Å². The fraction of sp³-hybridized carbons (Fsp3) is 0.440. The van der Waals surface area contributed by atoms with Gasteiger partial charge in [-0.15, -0.1) is 13.2 Å². The van der Waals surface area contributed by atoms with Crippen LogP contribution in [0.2, 0.25) is 0 Å². The minimum Gasteiger partial charge on any atom is -0.467 e. The van der Waals surface area contributed by atoms with E-state index in [4.69, 9.17) is 18.9 Å². The molecule has 4 rings (SSSR count). The van der Waals surface area contributed by atoms with Crippen molar-refractivity contribution < 1.29 is 33.6 Å². The van der Waals surface area contributed by atoms with E-state index < -0.39 is 23.0 Å². The minimum atomic E-state index is -1.43. The Morgan fingerprint density at radius 1 is 1.16 bits per heavy atom. The van der Waals surface area contributed by atoms with Crippen LogP contribution in [-0.4, -0.2) is 42.0 Å². The van der Waals surface area contributed by atoms with Gasteiger partial charge in [0, 0.05) is 23.5 Å². The highest BCUT2D eigenvalue weighted by Gasteiger charge is 2.61. The number of hydrogen-bond acceptors (Lipinski definition) is 7. The van der Waals surface area contributed by atoms with Gasteiger partial charge in [0.25, 0.3) is 0 Å². The summed E-state index contributed by atoms with van der Waals surface area (Å²) in [4.78, 5) is 26.4. The second kappa shape index (κ2) is 8.22. The number of hydrogen-bond donors (Lipinski definition) is 1. The van der Waals surface area contributed by atoms with Gasteiger partial charge in [0.2, 0.25) is 6.79 Å². The first-order valence-corrected chi connectivity index (χ1v) is 10.6. The molecule has 0 spiro atoms. The molecule has 32 heavy (non-hydrogen) atoms. The summed E-state index contributed by atoms with van der Waals surface area (Å²) in [6.07, 6.45) is 4.94. The van der Waals surface area contributed by atoms with Gasteiger partial charge in [-0.1, -0.05) is 26.0 Å². The molecule has 0 amide bonds. The molecule has 1 fully saturated rings. The Bertz CT molecular complexity index is 1010. The normalized spacial score (nSPS) is 27.7. The predicted octanol–water partition coefficient (Wildman–Crippen LogP) is 3.30. The Morgan fingerprint density at radius 2 is 1.84 bits per heavy atom. The van der Waals surface area contributed by atoms with E-state index >= 15 is 0 Å². The van der Waals surface area contributed by atoms with E-state index in [9.17, 15) is 14.7 Å². The molecule has 0 aromatic heterocycles. The first-order valence-electron chi connectivity index (χ1n) is 10.6. The molecule has 0 unspecified atom stereocenters. The lowest BCUT2D eigenvalue weighted by molar-refractivity contribution is -0.183. The summed E-state index contributed by atoms with van der Waals surface area (Å²) in [5.41, 5.74) is -1.02. The Morgan fingerprint density at radius 3 is 2.53 bits per heavy atom. The maximum Gasteiger partial charge on any atom is 0.231 e. The lowest BCUT2D eigenvalue weighted by Gasteiger charge is -2.50.